The highest BCUT2D eigenvalue weighted by Gasteiger charge is 2.49. The Morgan fingerprint density at radius 3 is 2.50 bits per heavy atom. The van der Waals surface area contributed by atoms with Crippen LogP contribution < -0.4 is 9.80 Å². The van der Waals surface area contributed by atoms with Gasteiger partial charge in [0.25, 0.3) is 0 Å². The second-order valence-corrected chi connectivity index (χ2v) is 10.8. The molecule has 1 aromatic carbocycles. The Morgan fingerprint density at radius 1 is 1.27 bits per heavy atom. The third kappa shape index (κ3) is 4.06. The van der Waals surface area contributed by atoms with Gasteiger partial charge in [-0.05, 0) is 30.2 Å². The molecule has 26 heavy (non-hydrogen) atoms. The summed E-state index contributed by atoms with van der Waals surface area (Å²) in [6.45, 7) is 3.97. The molecular formula is C18H25N3O3S2. The Bertz CT molecular complexity index is 817. The number of sulfone groups is 1. The average molecular weight is 396 g/mol. The molecule has 2 atom stereocenters. The summed E-state index contributed by atoms with van der Waals surface area (Å²) in [5.41, 5.74) is 1.94. The molecule has 3 rings (SSSR count). The highest BCUT2D eigenvalue weighted by Crippen LogP contribution is 2.41. The number of fused-ring (bicyclic) bond motifs is 1. The van der Waals surface area contributed by atoms with Crippen LogP contribution in [0.15, 0.2) is 29.3 Å². The molecule has 2 heterocycles. The van der Waals surface area contributed by atoms with Gasteiger partial charge >= 0.3 is 0 Å². The lowest BCUT2D eigenvalue weighted by Gasteiger charge is -2.25. The first-order valence-electron chi connectivity index (χ1n) is 8.71. The van der Waals surface area contributed by atoms with Crippen LogP contribution in [-0.4, -0.2) is 56.4 Å². The molecule has 6 nitrogen and oxygen atoms in total. The van der Waals surface area contributed by atoms with Crippen LogP contribution in [0.1, 0.15) is 20.3 Å². The van der Waals surface area contributed by atoms with Gasteiger partial charge in [0, 0.05) is 37.1 Å². The summed E-state index contributed by atoms with van der Waals surface area (Å²) in [6, 6.07) is 7.74. The third-order valence-corrected chi connectivity index (χ3v) is 7.72. The molecule has 8 heteroatoms. The van der Waals surface area contributed by atoms with Gasteiger partial charge in [-0.3, -0.25) is 4.79 Å². The van der Waals surface area contributed by atoms with Gasteiger partial charge in [-0.25, -0.2) is 8.42 Å². The normalized spacial score (nSPS) is 25.7. The molecule has 142 valence electrons. The van der Waals surface area contributed by atoms with E-state index in [1.807, 2.05) is 62.0 Å². The fraction of sp³-hybridized carbons (Fsp3) is 0.556. The molecule has 2 saturated heterocycles. The highest BCUT2D eigenvalue weighted by atomic mass is 32.2. The number of anilines is 2. The number of hydrogen-bond donors (Lipinski definition) is 0. The van der Waals surface area contributed by atoms with E-state index in [0.717, 1.165) is 11.4 Å². The van der Waals surface area contributed by atoms with E-state index < -0.39 is 9.84 Å². The van der Waals surface area contributed by atoms with Gasteiger partial charge in [-0.15, -0.1) is 0 Å². The van der Waals surface area contributed by atoms with Crippen molar-refractivity contribution in [3.8, 4) is 0 Å². The van der Waals surface area contributed by atoms with Crippen molar-refractivity contribution in [1.82, 2.24) is 0 Å². The largest absolute Gasteiger partial charge is 0.378 e. The number of carbonyl (C=O) groups is 1. The van der Waals surface area contributed by atoms with E-state index >= 15 is 0 Å². The van der Waals surface area contributed by atoms with E-state index in [9.17, 15) is 13.2 Å². The molecule has 0 aromatic heterocycles. The van der Waals surface area contributed by atoms with Crippen molar-refractivity contribution >= 4 is 44.0 Å². The van der Waals surface area contributed by atoms with Gasteiger partial charge in [-0.2, -0.15) is 4.99 Å². The summed E-state index contributed by atoms with van der Waals surface area (Å²) in [4.78, 5) is 20.5. The molecule has 0 aliphatic carbocycles. The van der Waals surface area contributed by atoms with Crippen LogP contribution in [-0.2, 0) is 14.6 Å². The number of hydrogen-bond acceptors (Lipinski definition) is 5. The van der Waals surface area contributed by atoms with Crippen molar-refractivity contribution < 1.29 is 13.2 Å². The molecule has 2 aliphatic heterocycles. The number of thioether (sulfide) groups is 1. The van der Waals surface area contributed by atoms with Crippen LogP contribution in [0, 0.1) is 5.92 Å². The first kappa shape index (κ1) is 19.2. The highest BCUT2D eigenvalue weighted by molar-refractivity contribution is 8.16. The monoisotopic (exact) mass is 395 g/mol. The molecule has 0 saturated carbocycles. The second kappa shape index (κ2) is 7.23. The van der Waals surface area contributed by atoms with Crippen molar-refractivity contribution in [3.05, 3.63) is 24.3 Å². The van der Waals surface area contributed by atoms with Crippen molar-refractivity contribution in [2.24, 2.45) is 10.9 Å². The van der Waals surface area contributed by atoms with Gasteiger partial charge in [-0.1, -0.05) is 25.6 Å². The van der Waals surface area contributed by atoms with E-state index in [0.29, 0.717) is 11.6 Å². The van der Waals surface area contributed by atoms with E-state index in [1.165, 1.54) is 11.8 Å². The number of nitrogens with zero attached hydrogens (tertiary/aromatic N) is 3. The predicted octanol–water partition coefficient (Wildman–Crippen LogP) is 2.40. The van der Waals surface area contributed by atoms with Crippen LogP contribution in [0.5, 0.6) is 0 Å². The number of aliphatic imine (C=N–C) groups is 1. The zero-order chi connectivity index (χ0) is 19.1. The number of rotatable bonds is 4. The maximum Gasteiger partial charge on any atom is 0.248 e. The molecule has 0 N–H and O–H groups in total. The smallest absolute Gasteiger partial charge is 0.248 e. The van der Waals surface area contributed by atoms with Crippen LogP contribution >= 0.6 is 11.8 Å². The van der Waals surface area contributed by atoms with Crippen molar-refractivity contribution in [3.63, 3.8) is 0 Å². The van der Waals surface area contributed by atoms with E-state index in [2.05, 4.69) is 4.99 Å². The molecule has 2 aliphatic rings. The first-order chi connectivity index (χ1) is 12.2. The third-order valence-electron chi connectivity index (χ3n) is 4.51. The summed E-state index contributed by atoms with van der Waals surface area (Å²) in [5.74, 6) is 0.343. The fourth-order valence-electron chi connectivity index (χ4n) is 3.28. The first-order valence-corrected chi connectivity index (χ1v) is 11.4. The predicted molar refractivity (Wildman–Crippen MR) is 109 cm³/mol. The van der Waals surface area contributed by atoms with Gasteiger partial charge in [0.15, 0.2) is 15.0 Å². The molecule has 0 radical (unpaired) electrons. The van der Waals surface area contributed by atoms with Crippen LogP contribution in [0.25, 0.3) is 0 Å². The van der Waals surface area contributed by atoms with Crippen molar-refractivity contribution in [1.29, 1.82) is 0 Å². The fourth-order valence-corrected chi connectivity index (χ4v) is 7.21. The Balaban J connectivity index is 1.94. The average Bonchev–Trinajstić information content (AvgIpc) is 2.97. The zero-order valence-corrected chi connectivity index (χ0v) is 17.2. The number of benzene rings is 1. The molecular weight excluding hydrogens is 370 g/mol. The summed E-state index contributed by atoms with van der Waals surface area (Å²) in [5, 5.41) is 0.553. The minimum absolute atomic E-state index is 0.0703. The SMILES string of the molecule is CC(C)CC(=O)N=C1S[C@H]2CS(=O)(=O)C[C@@H]2N1c1ccc(N(C)C)cc1. The molecule has 0 bridgehead atoms. The van der Waals surface area contributed by atoms with Gasteiger partial charge in [0.05, 0.1) is 17.5 Å². The van der Waals surface area contributed by atoms with Crippen molar-refractivity contribution in [2.45, 2.75) is 31.6 Å². The number of amidine groups is 1. The van der Waals surface area contributed by atoms with Crippen LogP contribution in [0.4, 0.5) is 11.4 Å². The molecule has 2 fully saturated rings. The maximum absolute atomic E-state index is 12.2. The Kier molecular flexibility index (Phi) is 5.35. The standard InChI is InChI=1S/C18H25N3O3S2/c1-12(2)9-17(22)19-18-21(14-7-5-13(6-8-14)20(3)4)15-10-26(23,24)11-16(15)25-18/h5-8,12,15-16H,9-11H2,1-4H3/t15-,16-/m0/s1. The number of amides is 1. The van der Waals surface area contributed by atoms with Gasteiger partial charge < -0.3 is 9.80 Å². The van der Waals surface area contributed by atoms with Crippen LogP contribution in [0.3, 0.4) is 0 Å². The van der Waals surface area contributed by atoms with E-state index in [-0.39, 0.29) is 34.6 Å². The lowest BCUT2D eigenvalue weighted by molar-refractivity contribution is -0.118. The van der Waals surface area contributed by atoms with Crippen LogP contribution in [0.2, 0.25) is 0 Å². The second-order valence-electron chi connectivity index (χ2n) is 7.47. The summed E-state index contributed by atoms with van der Waals surface area (Å²) < 4.78 is 24.2. The van der Waals surface area contributed by atoms with Gasteiger partial charge in [0.1, 0.15) is 0 Å². The minimum atomic E-state index is -3.05. The lowest BCUT2D eigenvalue weighted by atomic mass is 10.1. The Morgan fingerprint density at radius 2 is 1.92 bits per heavy atom. The zero-order valence-electron chi connectivity index (χ0n) is 15.5. The lowest BCUT2D eigenvalue weighted by Crippen LogP contribution is -2.37. The quantitative estimate of drug-likeness (QED) is 0.780. The Hall–Kier alpha value is -1.54. The van der Waals surface area contributed by atoms with Crippen molar-refractivity contribution in [2.75, 3.05) is 35.4 Å². The Labute approximate surface area is 159 Å². The van der Waals surface area contributed by atoms with Gasteiger partial charge in [0.2, 0.25) is 5.91 Å². The molecule has 1 aromatic rings. The molecule has 1 amide bonds. The van der Waals surface area contributed by atoms with E-state index in [4.69, 9.17) is 0 Å². The summed E-state index contributed by atoms with van der Waals surface area (Å²) in [7, 11) is 0.890. The maximum atomic E-state index is 12.2. The molecule has 0 spiro atoms. The number of carbonyl (C=O) groups excluding carboxylic acids is 1. The topological polar surface area (TPSA) is 70.0 Å². The summed E-state index contributed by atoms with van der Waals surface area (Å²) >= 11 is 1.42. The molecule has 0 unspecified atom stereocenters. The minimum Gasteiger partial charge on any atom is -0.378 e. The van der Waals surface area contributed by atoms with E-state index in [1.54, 1.807) is 0 Å². The summed E-state index contributed by atoms with van der Waals surface area (Å²) in [6.07, 6.45) is 0.394.